The molecule has 1 aromatic heterocycles. The summed E-state index contributed by atoms with van der Waals surface area (Å²) in [5.74, 6) is -0.242. The number of anilines is 1. The van der Waals surface area contributed by atoms with Crippen LogP contribution in [0.1, 0.15) is 10.4 Å². The van der Waals surface area contributed by atoms with Crippen molar-refractivity contribution in [3.05, 3.63) is 70.5 Å². The maximum atomic E-state index is 12.3. The molecule has 0 saturated heterocycles. The van der Waals surface area contributed by atoms with Gasteiger partial charge in [0, 0.05) is 43.0 Å². The first kappa shape index (κ1) is 19.7. The Kier molecular flexibility index (Phi) is 5.63. The fourth-order valence-electron chi connectivity index (χ4n) is 2.60. The molecular formula is C19H18N6O4. The Labute approximate surface area is 165 Å². The van der Waals surface area contributed by atoms with E-state index in [1.54, 1.807) is 50.5 Å². The highest BCUT2D eigenvalue weighted by atomic mass is 16.6. The summed E-state index contributed by atoms with van der Waals surface area (Å²) >= 11 is 0. The Balaban J connectivity index is 1.68. The van der Waals surface area contributed by atoms with Gasteiger partial charge in [0.15, 0.2) is 5.82 Å². The van der Waals surface area contributed by atoms with Gasteiger partial charge in [-0.3, -0.25) is 19.7 Å². The van der Waals surface area contributed by atoms with Crippen LogP contribution in [0.2, 0.25) is 0 Å². The molecule has 0 radical (unpaired) electrons. The summed E-state index contributed by atoms with van der Waals surface area (Å²) in [6.07, 6.45) is 1.37. The molecule has 1 N–H and O–H groups in total. The van der Waals surface area contributed by atoms with E-state index in [1.165, 1.54) is 28.0 Å². The number of nitro groups is 1. The summed E-state index contributed by atoms with van der Waals surface area (Å²) in [7, 11) is 3.30. The number of carbonyl (C=O) groups excluding carboxylic acids is 2. The molecule has 0 unspecified atom stereocenters. The maximum absolute atomic E-state index is 12.3. The molecule has 0 bridgehead atoms. The third-order valence-electron chi connectivity index (χ3n) is 3.96. The second-order valence-corrected chi connectivity index (χ2v) is 6.40. The SMILES string of the molecule is CN(C)C(=O)c1cccc(NC(=O)Cn2cnc(-c3cccc([N+](=O)[O-])c3)n2)c1. The molecule has 10 heteroatoms. The molecule has 0 aliphatic heterocycles. The smallest absolute Gasteiger partial charge is 0.270 e. The zero-order chi connectivity index (χ0) is 21.0. The lowest BCUT2D eigenvalue weighted by atomic mass is 10.2. The predicted octanol–water partition coefficient (Wildman–Crippen LogP) is 2.19. The highest BCUT2D eigenvalue weighted by Crippen LogP contribution is 2.20. The van der Waals surface area contributed by atoms with Gasteiger partial charge in [0.05, 0.1) is 4.92 Å². The number of nitrogens with one attached hydrogen (secondary N) is 1. The van der Waals surface area contributed by atoms with Crippen molar-refractivity contribution in [2.45, 2.75) is 6.54 Å². The Hall–Kier alpha value is -4.08. The van der Waals surface area contributed by atoms with Crippen molar-refractivity contribution < 1.29 is 14.5 Å². The van der Waals surface area contributed by atoms with E-state index in [0.29, 0.717) is 16.8 Å². The van der Waals surface area contributed by atoms with E-state index in [0.717, 1.165) is 0 Å². The molecule has 10 nitrogen and oxygen atoms in total. The highest BCUT2D eigenvalue weighted by Gasteiger charge is 2.13. The topological polar surface area (TPSA) is 123 Å². The number of aromatic nitrogens is 3. The molecule has 0 aliphatic rings. The number of non-ortho nitro benzene ring substituents is 1. The second kappa shape index (κ2) is 8.30. The minimum Gasteiger partial charge on any atom is -0.345 e. The molecule has 0 atom stereocenters. The average Bonchev–Trinajstić information content (AvgIpc) is 3.15. The first-order valence-electron chi connectivity index (χ1n) is 8.59. The lowest BCUT2D eigenvalue weighted by Crippen LogP contribution is -2.22. The number of hydrogen-bond donors (Lipinski definition) is 1. The maximum Gasteiger partial charge on any atom is 0.270 e. The third kappa shape index (κ3) is 4.80. The van der Waals surface area contributed by atoms with Crippen LogP contribution in [-0.4, -0.2) is 50.5 Å². The predicted molar refractivity (Wildman–Crippen MR) is 105 cm³/mol. The van der Waals surface area contributed by atoms with Crippen LogP contribution in [0.4, 0.5) is 11.4 Å². The minimum atomic E-state index is -0.497. The zero-order valence-electron chi connectivity index (χ0n) is 15.8. The average molecular weight is 394 g/mol. The fourth-order valence-corrected chi connectivity index (χ4v) is 2.60. The van der Waals surface area contributed by atoms with Crippen LogP contribution in [-0.2, 0) is 11.3 Å². The Morgan fingerprint density at radius 1 is 1.17 bits per heavy atom. The lowest BCUT2D eigenvalue weighted by molar-refractivity contribution is -0.384. The molecule has 1 heterocycles. The molecule has 29 heavy (non-hydrogen) atoms. The first-order valence-corrected chi connectivity index (χ1v) is 8.59. The summed E-state index contributed by atoms with van der Waals surface area (Å²) < 4.78 is 1.33. The van der Waals surface area contributed by atoms with Crippen molar-refractivity contribution in [1.29, 1.82) is 0 Å². The van der Waals surface area contributed by atoms with E-state index in [-0.39, 0.29) is 29.9 Å². The van der Waals surface area contributed by atoms with Crippen LogP contribution in [0.15, 0.2) is 54.9 Å². The van der Waals surface area contributed by atoms with E-state index in [1.807, 2.05) is 0 Å². The number of rotatable bonds is 6. The van der Waals surface area contributed by atoms with Gasteiger partial charge in [-0.1, -0.05) is 18.2 Å². The van der Waals surface area contributed by atoms with Crippen LogP contribution in [0, 0.1) is 10.1 Å². The van der Waals surface area contributed by atoms with Crippen molar-refractivity contribution in [1.82, 2.24) is 19.7 Å². The third-order valence-corrected chi connectivity index (χ3v) is 3.96. The molecule has 2 amide bonds. The fraction of sp³-hybridized carbons (Fsp3) is 0.158. The van der Waals surface area contributed by atoms with Gasteiger partial charge in [-0.25, -0.2) is 9.67 Å². The molecule has 148 valence electrons. The van der Waals surface area contributed by atoms with Gasteiger partial charge < -0.3 is 10.2 Å². The summed E-state index contributed by atoms with van der Waals surface area (Å²) in [5, 5.41) is 17.8. The van der Waals surface area contributed by atoms with Gasteiger partial charge in [0.1, 0.15) is 12.9 Å². The molecule has 0 saturated carbocycles. The van der Waals surface area contributed by atoms with Gasteiger partial charge in [-0.15, -0.1) is 0 Å². The van der Waals surface area contributed by atoms with E-state index in [9.17, 15) is 19.7 Å². The van der Waals surface area contributed by atoms with E-state index < -0.39 is 4.92 Å². The number of nitrogens with zero attached hydrogens (tertiary/aromatic N) is 5. The highest BCUT2D eigenvalue weighted by molar-refractivity contribution is 5.96. The van der Waals surface area contributed by atoms with Crippen molar-refractivity contribution >= 4 is 23.2 Å². The largest absolute Gasteiger partial charge is 0.345 e. The van der Waals surface area contributed by atoms with Crippen LogP contribution in [0.5, 0.6) is 0 Å². The molecule has 0 fully saturated rings. The van der Waals surface area contributed by atoms with Gasteiger partial charge in [-0.2, -0.15) is 5.10 Å². The van der Waals surface area contributed by atoms with E-state index >= 15 is 0 Å². The van der Waals surface area contributed by atoms with E-state index in [2.05, 4.69) is 15.4 Å². The van der Waals surface area contributed by atoms with Crippen LogP contribution < -0.4 is 5.32 Å². The van der Waals surface area contributed by atoms with Gasteiger partial charge in [0.25, 0.3) is 11.6 Å². The zero-order valence-corrected chi connectivity index (χ0v) is 15.8. The second-order valence-electron chi connectivity index (χ2n) is 6.40. The summed E-state index contributed by atoms with van der Waals surface area (Å²) in [4.78, 5) is 40.3. The molecule has 3 rings (SSSR count). The number of carbonyl (C=O) groups is 2. The quantitative estimate of drug-likeness (QED) is 0.505. The standard InChI is InChI=1S/C19H18N6O4/c1-23(2)19(27)14-6-3-7-15(9-14)21-17(26)11-24-12-20-18(22-24)13-5-4-8-16(10-13)25(28)29/h3-10,12H,11H2,1-2H3,(H,21,26). The molecular weight excluding hydrogens is 376 g/mol. The first-order chi connectivity index (χ1) is 13.8. The van der Waals surface area contributed by atoms with Gasteiger partial charge in [-0.05, 0) is 18.2 Å². The summed E-state index contributed by atoms with van der Waals surface area (Å²) in [5.41, 5.74) is 1.36. The number of hydrogen-bond acceptors (Lipinski definition) is 6. The summed E-state index contributed by atoms with van der Waals surface area (Å²) in [6, 6.07) is 12.6. The number of nitro benzene ring substituents is 1. The van der Waals surface area contributed by atoms with Crippen molar-refractivity contribution in [3.63, 3.8) is 0 Å². The van der Waals surface area contributed by atoms with Crippen LogP contribution in [0.25, 0.3) is 11.4 Å². The monoisotopic (exact) mass is 394 g/mol. The number of amides is 2. The van der Waals surface area contributed by atoms with Crippen LogP contribution in [0.3, 0.4) is 0 Å². The van der Waals surface area contributed by atoms with Crippen LogP contribution >= 0.6 is 0 Å². The lowest BCUT2D eigenvalue weighted by Gasteiger charge is -2.11. The molecule has 0 spiro atoms. The van der Waals surface area contributed by atoms with Gasteiger partial charge in [0.2, 0.25) is 5.91 Å². The Bertz CT molecular complexity index is 1080. The van der Waals surface area contributed by atoms with Crippen molar-refractivity contribution in [3.8, 4) is 11.4 Å². The van der Waals surface area contributed by atoms with Gasteiger partial charge >= 0.3 is 0 Å². The molecule has 2 aromatic carbocycles. The number of benzene rings is 2. The molecule has 0 aliphatic carbocycles. The van der Waals surface area contributed by atoms with Crippen molar-refractivity contribution in [2.75, 3.05) is 19.4 Å². The minimum absolute atomic E-state index is 0.0660. The van der Waals surface area contributed by atoms with E-state index in [4.69, 9.17) is 0 Å². The van der Waals surface area contributed by atoms with Crippen molar-refractivity contribution in [2.24, 2.45) is 0 Å². The molecule has 3 aromatic rings. The Morgan fingerprint density at radius 3 is 2.66 bits per heavy atom. The Morgan fingerprint density at radius 2 is 1.93 bits per heavy atom. The summed E-state index contributed by atoms with van der Waals surface area (Å²) in [6.45, 7) is -0.103. The normalized spacial score (nSPS) is 10.4.